The van der Waals surface area contributed by atoms with Crippen LogP contribution >= 0.6 is 12.6 Å². The van der Waals surface area contributed by atoms with Crippen LogP contribution in [-0.2, 0) is 0 Å². The second-order valence-electron chi connectivity index (χ2n) is 3.73. The van der Waals surface area contributed by atoms with Gasteiger partial charge in [-0.25, -0.2) is 9.97 Å². The van der Waals surface area contributed by atoms with Crippen LogP contribution in [0.15, 0.2) is 35.2 Å². The molecule has 0 saturated heterocycles. The van der Waals surface area contributed by atoms with Crippen molar-refractivity contribution in [2.24, 2.45) is 0 Å². The van der Waals surface area contributed by atoms with E-state index in [9.17, 15) is 10.2 Å². The van der Waals surface area contributed by atoms with Gasteiger partial charge in [0.2, 0.25) is 0 Å². The van der Waals surface area contributed by atoms with Crippen LogP contribution in [0.3, 0.4) is 0 Å². The Balaban J connectivity index is 2.43. The van der Waals surface area contributed by atoms with E-state index in [0.29, 0.717) is 16.6 Å². The molecule has 0 fully saturated rings. The summed E-state index contributed by atoms with van der Waals surface area (Å²) in [4.78, 5) is 9.51. The number of fused-ring (bicyclic) bond motifs is 2. The van der Waals surface area contributed by atoms with Gasteiger partial charge in [0.1, 0.15) is 0 Å². The van der Waals surface area contributed by atoms with Gasteiger partial charge in [-0.2, -0.15) is 0 Å². The third-order valence-corrected chi connectivity index (χ3v) is 2.79. The largest absolute Gasteiger partial charge is 0.504 e. The Morgan fingerprint density at radius 2 is 1.29 bits per heavy atom. The maximum Gasteiger partial charge on any atom is 0.159 e. The van der Waals surface area contributed by atoms with E-state index in [-0.39, 0.29) is 11.5 Å². The number of phenols is 2. The van der Waals surface area contributed by atoms with Crippen molar-refractivity contribution in [2.45, 2.75) is 4.90 Å². The number of rotatable bonds is 0. The number of thiol groups is 1. The highest BCUT2D eigenvalue weighted by atomic mass is 32.1. The van der Waals surface area contributed by atoms with E-state index in [4.69, 9.17) is 0 Å². The zero-order chi connectivity index (χ0) is 12.0. The summed E-state index contributed by atoms with van der Waals surface area (Å²) in [5, 5.41) is 18.8. The van der Waals surface area contributed by atoms with Gasteiger partial charge in [0.15, 0.2) is 11.5 Å². The molecule has 0 aliphatic carbocycles. The first-order valence-electron chi connectivity index (χ1n) is 4.96. The van der Waals surface area contributed by atoms with Crippen LogP contribution < -0.4 is 0 Å². The van der Waals surface area contributed by atoms with Crippen LogP contribution in [0.5, 0.6) is 11.5 Å². The molecule has 3 rings (SSSR count). The molecule has 3 aromatic rings. The third kappa shape index (κ3) is 1.64. The summed E-state index contributed by atoms with van der Waals surface area (Å²) in [7, 11) is 0. The van der Waals surface area contributed by atoms with Crippen LogP contribution in [-0.4, -0.2) is 20.2 Å². The minimum Gasteiger partial charge on any atom is -0.504 e. The summed E-state index contributed by atoms with van der Waals surface area (Å²) in [5.74, 6) is -0.398. The first-order valence-corrected chi connectivity index (χ1v) is 5.41. The van der Waals surface area contributed by atoms with Crippen LogP contribution in [0.2, 0.25) is 0 Å². The molecule has 0 aliphatic heterocycles. The normalized spacial score (nSPS) is 11.1. The highest BCUT2D eigenvalue weighted by Gasteiger charge is 2.06. The maximum absolute atomic E-state index is 9.41. The molecular formula is C12H8N2O2S. The monoisotopic (exact) mass is 244 g/mol. The van der Waals surface area contributed by atoms with Crippen molar-refractivity contribution in [1.29, 1.82) is 0 Å². The van der Waals surface area contributed by atoms with Crippen molar-refractivity contribution in [3.63, 3.8) is 0 Å². The SMILES string of the molecule is Oc1cc2nc3ccc(S)cc3nc2cc1O. The molecule has 0 amide bonds. The number of benzene rings is 2. The predicted octanol–water partition coefficient (Wildman–Crippen LogP) is 2.48. The van der Waals surface area contributed by atoms with Crippen molar-refractivity contribution in [3.05, 3.63) is 30.3 Å². The summed E-state index contributed by atoms with van der Waals surface area (Å²) in [6.07, 6.45) is 0. The summed E-state index contributed by atoms with van der Waals surface area (Å²) in [6.45, 7) is 0. The Morgan fingerprint density at radius 1 is 0.765 bits per heavy atom. The van der Waals surface area contributed by atoms with E-state index in [1.807, 2.05) is 12.1 Å². The molecule has 17 heavy (non-hydrogen) atoms. The van der Waals surface area contributed by atoms with Crippen LogP contribution in [0.4, 0.5) is 0 Å². The van der Waals surface area contributed by atoms with E-state index >= 15 is 0 Å². The molecule has 0 atom stereocenters. The van der Waals surface area contributed by atoms with E-state index in [0.717, 1.165) is 10.4 Å². The van der Waals surface area contributed by atoms with E-state index < -0.39 is 0 Å². The summed E-state index contributed by atoms with van der Waals surface area (Å²) in [5.41, 5.74) is 2.50. The molecule has 1 heterocycles. The summed E-state index contributed by atoms with van der Waals surface area (Å²) in [6, 6.07) is 8.23. The fourth-order valence-corrected chi connectivity index (χ4v) is 1.89. The molecular weight excluding hydrogens is 236 g/mol. The van der Waals surface area contributed by atoms with E-state index in [1.165, 1.54) is 12.1 Å². The lowest BCUT2D eigenvalue weighted by Gasteiger charge is -2.03. The Kier molecular flexibility index (Phi) is 2.09. The minimum absolute atomic E-state index is 0.197. The van der Waals surface area contributed by atoms with Gasteiger partial charge in [-0.05, 0) is 18.2 Å². The smallest absolute Gasteiger partial charge is 0.159 e. The molecule has 0 unspecified atom stereocenters. The molecule has 0 bridgehead atoms. The zero-order valence-corrected chi connectivity index (χ0v) is 9.52. The standard InChI is InChI=1S/C12H8N2O2S/c15-11-4-9-10(5-12(11)16)14-8-3-6(17)1-2-7(8)13-9/h1-5,15-17H. The molecule has 2 N–H and O–H groups in total. The Hall–Kier alpha value is -2.01. The molecule has 0 saturated carbocycles. The van der Waals surface area contributed by atoms with Gasteiger partial charge in [-0.1, -0.05) is 0 Å². The Labute approximate surface area is 102 Å². The van der Waals surface area contributed by atoms with Crippen molar-refractivity contribution >= 4 is 34.7 Å². The fraction of sp³-hybridized carbons (Fsp3) is 0. The number of phenolic OH excluding ortho intramolecular Hbond substituents is 2. The van der Waals surface area contributed by atoms with Gasteiger partial charge in [0, 0.05) is 17.0 Å². The molecule has 84 valence electrons. The number of aromatic nitrogens is 2. The molecule has 1 aromatic heterocycles. The topological polar surface area (TPSA) is 66.2 Å². The molecule has 0 spiro atoms. The summed E-state index contributed by atoms with van der Waals surface area (Å²) >= 11 is 4.23. The van der Waals surface area contributed by atoms with Gasteiger partial charge < -0.3 is 10.2 Å². The average Bonchev–Trinajstić information content (AvgIpc) is 2.28. The second kappa shape index (κ2) is 3.49. The van der Waals surface area contributed by atoms with Gasteiger partial charge in [-0.3, -0.25) is 0 Å². The number of hydrogen-bond donors (Lipinski definition) is 3. The van der Waals surface area contributed by atoms with Crippen molar-refractivity contribution in [3.8, 4) is 11.5 Å². The maximum atomic E-state index is 9.41. The highest BCUT2D eigenvalue weighted by Crippen LogP contribution is 2.29. The van der Waals surface area contributed by atoms with Gasteiger partial charge in [-0.15, -0.1) is 12.6 Å². The zero-order valence-electron chi connectivity index (χ0n) is 8.62. The van der Waals surface area contributed by atoms with Crippen LogP contribution in [0.1, 0.15) is 0 Å². The first-order chi connectivity index (χ1) is 8.13. The van der Waals surface area contributed by atoms with Gasteiger partial charge in [0.05, 0.1) is 22.1 Å². The minimum atomic E-state index is -0.201. The quantitative estimate of drug-likeness (QED) is 0.323. The average molecular weight is 244 g/mol. The molecule has 4 nitrogen and oxygen atoms in total. The molecule has 0 radical (unpaired) electrons. The molecule has 2 aromatic carbocycles. The molecule has 5 heteroatoms. The molecule has 0 aliphatic rings. The lowest BCUT2D eigenvalue weighted by atomic mass is 10.2. The second-order valence-corrected chi connectivity index (χ2v) is 4.24. The summed E-state index contributed by atoms with van der Waals surface area (Å²) < 4.78 is 0. The number of aromatic hydroxyl groups is 2. The van der Waals surface area contributed by atoms with Crippen molar-refractivity contribution < 1.29 is 10.2 Å². The Morgan fingerprint density at radius 3 is 1.94 bits per heavy atom. The fourth-order valence-electron chi connectivity index (χ4n) is 1.69. The number of nitrogens with zero attached hydrogens (tertiary/aromatic N) is 2. The predicted molar refractivity (Wildman–Crippen MR) is 67.6 cm³/mol. The van der Waals surface area contributed by atoms with Crippen molar-refractivity contribution in [2.75, 3.05) is 0 Å². The van der Waals surface area contributed by atoms with Crippen LogP contribution in [0, 0.1) is 0 Å². The van der Waals surface area contributed by atoms with Gasteiger partial charge >= 0.3 is 0 Å². The van der Waals surface area contributed by atoms with Gasteiger partial charge in [0.25, 0.3) is 0 Å². The number of hydrogen-bond acceptors (Lipinski definition) is 5. The van der Waals surface area contributed by atoms with E-state index in [1.54, 1.807) is 6.07 Å². The van der Waals surface area contributed by atoms with Crippen molar-refractivity contribution in [1.82, 2.24) is 9.97 Å². The Bertz CT molecular complexity index is 743. The lowest BCUT2D eigenvalue weighted by Crippen LogP contribution is -1.87. The highest BCUT2D eigenvalue weighted by molar-refractivity contribution is 7.80. The first kappa shape index (κ1) is 10.2. The van der Waals surface area contributed by atoms with E-state index in [2.05, 4.69) is 22.6 Å². The third-order valence-electron chi connectivity index (χ3n) is 2.51. The lowest BCUT2D eigenvalue weighted by molar-refractivity contribution is 0.404. The van der Waals surface area contributed by atoms with Crippen LogP contribution in [0.25, 0.3) is 22.1 Å².